The number of Topliss-reactive ketones (excluding diaryl/α,β-unsaturated/α-hetero) is 1. The van der Waals surface area contributed by atoms with Gasteiger partial charge in [-0.2, -0.15) is 0 Å². The van der Waals surface area contributed by atoms with Crippen molar-refractivity contribution in [3.63, 3.8) is 0 Å². The number of ketones is 3. The quantitative estimate of drug-likeness (QED) is 0.354. The number of rotatable bonds is 5. The van der Waals surface area contributed by atoms with Crippen LogP contribution in [0, 0.1) is 18.8 Å². The molecule has 0 saturated heterocycles. The van der Waals surface area contributed by atoms with Crippen molar-refractivity contribution in [3.8, 4) is 23.3 Å². The summed E-state index contributed by atoms with van der Waals surface area (Å²) in [7, 11) is 0. The highest BCUT2D eigenvalue weighted by Crippen LogP contribution is 2.41. The van der Waals surface area contributed by atoms with Gasteiger partial charge < -0.3 is 9.47 Å². The van der Waals surface area contributed by atoms with Crippen LogP contribution < -0.4 is 9.47 Å². The van der Waals surface area contributed by atoms with E-state index in [0.29, 0.717) is 11.3 Å². The molecule has 0 unspecified atom stereocenters. The first-order valence-corrected chi connectivity index (χ1v) is 9.87. The number of fused-ring (bicyclic) bond motifs is 2. The number of ether oxygens (including phenoxy) is 2. The van der Waals surface area contributed by atoms with Crippen LogP contribution in [0.25, 0.3) is 0 Å². The highest BCUT2D eigenvalue weighted by atomic mass is 16.5. The number of hydrogen-bond donors (Lipinski definition) is 0. The lowest BCUT2D eigenvalue weighted by atomic mass is 9.80. The highest BCUT2D eigenvalue weighted by Gasteiger charge is 2.37. The van der Waals surface area contributed by atoms with Crippen LogP contribution in [-0.4, -0.2) is 29.6 Å². The van der Waals surface area contributed by atoms with E-state index in [1.165, 1.54) is 0 Å². The molecular formula is C25H24O5. The van der Waals surface area contributed by atoms with Gasteiger partial charge in [0.1, 0.15) is 11.5 Å². The minimum Gasteiger partial charge on any atom is -0.490 e. The Bertz CT molecular complexity index is 1130. The van der Waals surface area contributed by atoms with E-state index in [2.05, 4.69) is 11.8 Å². The van der Waals surface area contributed by atoms with Crippen LogP contribution >= 0.6 is 0 Å². The summed E-state index contributed by atoms with van der Waals surface area (Å²) in [5.74, 6) is 4.40. The van der Waals surface area contributed by atoms with E-state index < -0.39 is 11.6 Å². The zero-order valence-electron chi connectivity index (χ0n) is 18.0. The van der Waals surface area contributed by atoms with Gasteiger partial charge >= 0.3 is 0 Å². The third-order valence-corrected chi connectivity index (χ3v) is 4.63. The van der Waals surface area contributed by atoms with E-state index >= 15 is 0 Å². The average Bonchev–Trinajstić information content (AvgIpc) is 2.64. The smallest absolute Gasteiger partial charge is 0.239 e. The van der Waals surface area contributed by atoms with Crippen molar-refractivity contribution in [2.75, 3.05) is 0 Å². The van der Waals surface area contributed by atoms with Crippen LogP contribution in [0.5, 0.6) is 11.5 Å². The van der Waals surface area contributed by atoms with Crippen LogP contribution in [0.15, 0.2) is 24.3 Å². The Hall–Kier alpha value is -3.39. The van der Waals surface area contributed by atoms with Gasteiger partial charge in [-0.05, 0) is 65.2 Å². The monoisotopic (exact) mass is 404 g/mol. The molecule has 2 aromatic rings. The Kier molecular flexibility index (Phi) is 5.80. The van der Waals surface area contributed by atoms with Crippen molar-refractivity contribution in [2.24, 2.45) is 0 Å². The average molecular weight is 404 g/mol. The largest absolute Gasteiger partial charge is 0.490 e. The predicted octanol–water partition coefficient (Wildman–Crippen LogP) is 4.55. The van der Waals surface area contributed by atoms with E-state index in [0.717, 1.165) is 0 Å². The topological polar surface area (TPSA) is 69.7 Å². The number of benzene rings is 2. The summed E-state index contributed by atoms with van der Waals surface area (Å²) in [5, 5.41) is 0. The maximum Gasteiger partial charge on any atom is 0.239 e. The van der Waals surface area contributed by atoms with Gasteiger partial charge in [-0.3, -0.25) is 14.4 Å². The second-order valence-corrected chi connectivity index (χ2v) is 7.69. The van der Waals surface area contributed by atoms with Gasteiger partial charge in [0, 0.05) is 11.1 Å². The first-order chi connectivity index (χ1) is 14.2. The first-order valence-electron chi connectivity index (χ1n) is 9.87. The molecule has 0 aliphatic heterocycles. The Labute approximate surface area is 176 Å². The Morgan fingerprint density at radius 3 is 2.20 bits per heavy atom. The molecule has 0 fully saturated rings. The van der Waals surface area contributed by atoms with E-state index in [1.54, 1.807) is 52.0 Å². The van der Waals surface area contributed by atoms with Gasteiger partial charge in [0.05, 0.1) is 28.9 Å². The lowest BCUT2D eigenvalue weighted by Gasteiger charge is -2.26. The third-order valence-electron chi connectivity index (χ3n) is 4.63. The van der Waals surface area contributed by atoms with Gasteiger partial charge in [-0.15, -0.1) is 0 Å². The van der Waals surface area contributed by atoms with E-state index in [-0.39, 0.29) is 51.6 Å². The number of carbonyl (C=O) groups is 3. The summed E-state index contributed by atoms with van der Waals surface area (Å²) >= 11 is 0. The molecule has 0 atom stereocenters. The Balaban J connectivity index is 2.36. The molecule has 154 valence electrons. The molecule has 0 N–H and O–H groups in total. The van der Waals surface area contributed by atoms with E-state index in [1.807, 2.05) is 13.8 Å². The van der Waals surface area contributed by atoms with E-state index in [4.69, 9.17) is 9.47 Å². The molecule has 0 amide bonds. The van der Waals surface area contributed by atoms with Crippen molar-refractivity contribution >= 4 is 17.3 Å². The van der Waals surface area contributed by atoms with Crippen molar-refractivity contribution in [1.29, 1.82) is 0 Å². The van der Waals surface area contributed by atoms with Crippen molar-refractivity contribution < 1.29 is 23.9 Å². The second-order valence-electron chi connectivity index (χ2n) is 7.69. The molecular weight excluding hydrogens is 380 g/mol. The number of carbonyl (C=O) groups excluding carboxylic acids is 3. The number of hydrogen-bond acceptors (Lipinski definition) is 5. The first kappa shape index (κ1) is 21.3. The standard InChI is InChI=1S/C25H24O5/c1-7-9-18(26)20-15(6)12-17-22(25(20)30-14(4)5)24(28)21-16(23(17)27)10-8-11-19(21)29-13(2)3/h8,10-14H,1-6H3. The maximum absolute atomic E-state index is 13.6. The van der Waals surface area contributed by atoms with Crippen LogP contribution in [0.3, 0.4) is 0 Å². The maximum atomic E-state index is 13.6. The van der Waals surface area contributed by atoms with Crippen molar-refractivity contribution in [1.82, 2.24) is 0 Å². The summed E-state index contributed by atoms with van der Waals surface area (Å²) in [6.07, 6.45) is -0.495. The molecule has 0 saturated carbocycles. The zero-order chi connectivity index (χ0) is 22.2. The van der Waals surface area contributed by atoms with Crippen molar-refractivity contribution in [2.45, 2.75) is 53.8 Å². The molecule has 1 aliphatic rings. The predicted molar refractivity (Wildman–Crippen MR) is 114 cm³/mol. The molecule has 30 heavy (non-hydrogen) atoms. The lowest BCUT2D eigenvalue weighted by molar-refractivity contribution is 0.0966. The summed E-state index contributed by atoms with van der Waals surface area (Å²) < 4.78 is 11.7. The molecule has 3 rings (SSSR count). The third kappa shape index (κ3) is 3.61. The minimum absolute atomic E-state index is 0.0906. The fourth-order valence-electron chi connectivity index (χ4n) is 3.58. The molecule has 2 aromatic carbocycles. The Morgan fingerprint density at radius 1 is 0.933 bits per heavy atom. The molecule has 0 heterocycles. The molecule has 0 spiro atoms. The molecule has 0 aromatic heterocycles. The fourth-order valence-corrected chi connectivity index (χ4v) is 3.58. The molecule has 0 radical (unpaired) electrons. The molecule has 1 aliphatic carbocycles. The van der Waals surface area contributed by atoms with Gasteiger partial charge in [0.2, 0.25) is 11.6 Å². The molecule has 0 bridgehead atoms. The second kappa shape index (κ2) is 8.16. The summed E-state index contributed by atoms with van der Waals surface area (Å²) in [4.78, 5) is 39.7. The van der Waals surface area contributed by atoms with Crippen molar-refractivity contribution in [3.05, 3.63) is 57.6 Å². The van der Waals surface area contributed by atoms with Crippen LogP contribution in [-0.2, 0) is 0 Å². The normalized spacial score (nSPS) is 12.3. The summed E-state index contributed by atoms with van der Waals surface area (Å²) in [5.41, 5.74) is 1.55. The van der Waals surface area contributed by atoms with Crippen LogP contribution in [0.2, 0.25) is 0 Å². The van der Waals surface area contributed by atoms with Crippen LogP contribution in [0.4, 0.5) is 0 Å². The zero-order valence-corrected chi connectivity index (χ0v) is 18.0. The Morgan fingerprint density at radius 2 is 1.60 bits per heavy atom. The SMILES string of the molecule is CC#CC(=O)c1c(C)cc2c(c1OC(C)C)C(=O)c1c(OC(C)C)cccc1C2=O. The van der Waals surface area contributed by atoms with Gasteiger partial charge in [0.15, 0.2) is 5.78 Å². The van der Waals surface area contributed by atoms with Gasteiger partial charge in [-0.1, -0.05) is 18.1 Å². The van der Waals surface area contributed by atoms with Gasteiger partial charge in [-0.25, -0.2) is 0 Å². The minimum atomic E-state index is -0.453. The van der Waals surface area contributed by atoms with Gasteiger partial charge in [0.25, 0.3) is 0 Å². The summed E-state index contributed by atoms with van der Waals surface area (Å²) in [6.45, 7) is 10.6. The molecule has 5 nitrogen and oxygen atoms in total. The van der Waals surface area contributed by atoms with Crippen LogP contribution in [0.1, 0.15) is 82.4 Å². The summed E-state index contributed by atoms with van der Waals surface area (Å²) in [6, 6.07) is 6.55. The lowest BCUT2D eigenvalue weighted by Crippen LogP contribution is -2.26. The number of aryl methyl sites for hydroxylation is 1. The highest BCUT2D eigenvalue weighted by molar-refractivity contribution is 6.31. The van der Waals surface area contributed by atoms with E-state index in [9.17, 15) is 14.4 Å². The molecule has 5 heteroatoms. The fraction of sp³-hybridized carbons (Fsp3) is 0.320.